The number of anilines is 1. The van der Waals surface area contributed by atoms with E-state index in [2.05, 4.69) is 4.98 Å². The number of halogens is 3. The van der Waals surface area contributed by atoms with Crippen molar-refractivity contribution in [2.45, 2.75) is 0 Å². The summed E-state index contributed by atoms with van der Waals surface area (Å²) in [7, 11) is 0. The molecular weight excluding hydrogens is 288 g/mol. The van der Waals surface area contributed by atoms with E-state index in [1.54, 1.807) is 28.8 Å². The average Bonchev–Trinajstić information content (AvgIpc) is 2.67. The zero-order valence-corrected chi connectivity index (χ0v) is 11.1. The van der Waals surface area contributed by atoms with E-state index in [4.69, 9.17) is 28.9 Å². The van der Waals surface area contributed by atoms with Crippen molar-refractivity contribution in [2.24, 2.45) is 0 Å². The number of aromatic nitrogens is 2. The lowest BCUT2D eigenvalue weighted by Gasteiger charge is -2.02. The van der Waals surface area contributed by atoms with Gasteiger partial charge in [0.2, 0.25) is 0 Å². The van der Waals surface area contributed by atoms with Gasteiger partial charge in [-0.1, -0.05) is 23.2 Å². The summed E-state index contributed by atoms with van der Waals surface area (Å²) < 4.78 is 14.7. The van der Waals surface area contributed by atoms with Crippen molar-refractivity contribution in [3.63, 3.8) is 0 Å². The van der Waals surface area contributed by atoms with Crippen LogP contribution in [0.4, 0.5) is 10.2 Å². The topological polar surface area (TPSA) is 43.3 Å². The van der Waals surface area contributed by atoms with Gasteiger partial charge in [-0.15, -0.1) is 0 Å². The van der Waals surface area contributed by atoms with Crippen molar-refractivity contribution in [2.75, 3.05) is 5.73 Å². The number of pyridine rings is 1. The fraction of sp³-hybridized carbons (Fsp3) is 0. The van der Waals surface area contributed by atoms with Crippen LogP contribution in [0.25, 0.3) is 16.9 Å². The third kappa shape index (κ3) is 2.03. The molecule has 0 amide bonds. The SMILES string of the molecule is Nc1c(-c2ccc(F)cc2Cl)nc2ccc(Cl)cn12. The quantitative estimate of drug-likeness (QED) is 0.736. The number of fused-ring (bicyclic) bond motifs is 1. The summed E-state index contributed by atoms with van der Waals surface area (Å²) >= 11 is 11.9. The van der Waals surface area contributed by atoms with Gasteiger partial charge >= 0.3 is 0 Å². The van der Waals surface area contributed by atoms with Gasteiger partial charge in [0.25, 0.3) is 0 Å². The molecule has 6 heteroatoms. The molecule has 0 fully saturated rings. The number of nitrogens with two attached hydrogens (primary N) is 1. The Labute approximate surface area is 118 Å². The molecule has 0 aliphatic carbocycles. The van der Waals surface area contributed by atoms with Crippen molar-refractivity contribution in [1.29, 1.82) is 0 Å². The van der Waals surface area contributed by atoms with Crippen molar-refractivity contribution in [1.82, 2.24) is 9.38 Å². The monoisotopic (exact) mass is 295 g/mol. The molecular formula is C13H8Cl2FN3. The minimum atomic E-state index is -0.404. The summed E-state index contributed by atoms with van der Waals surface area (Å²) in [6.45, 7) is 0. The molecule has 1 aromatic carbocycles. The van der Waals surface area contributed by atoms with Gasteiger partial charge in [0.15, 0.2) is 0 Å². The predicted molar refractivity (Wildman–Crippen MR) is 75.0 cm³/mol. The van der Waals surface area contributed by atoms with Gasteiger partial charge in [-0.3, -0.25) is 4.40 Å². The number of nitrogen functional groups attached to an aromatic ring is 1. The lowest BCUT2D eigenvalue weighted by atomic mass is 10.1. The molecule has 0 saturated heterocycles. The molecule has 2 aromatic heterocycles. The largest absolute Gasteiger partial charge is 0.383 e. The fourth-order valence-electron chi connectivity index (χ4n) is 1.92. The number of rotatable bonds is 1. The van der Waals surface area contributed by atoms with E-state index in [9.17, 15) is 4.39 Å². The second kappa shape index (κ2) is 4.40. The molecule has 3 nitrogen and oxygen atoms in total. The highest BCUT2D eigenvalue weighted by molar-refractivity contribution is 6.33. The molecule has 0 aliphatic rings. The highest BCUT2D eigenvalue weighted by Gasteiger charge is 2.14. The first-order valence-corrected chi connectivity index (χ1v) is 6.20. The first-order valence-electron chi connectivity index (χ1n) is 5.45. The Morgan fingerprint density at radius 1 is 1.16 bits per heavy atom. The van der Waals surface area contributed by atoms with Crippen LogP contribution < -0.4 is 5.73 Å². The molecule has 0 aliphatic heterocycles. The molecule has 0 saturated carbocycles. The van der Waals surface area contributed by atoms with Crippen LogP contribution in [-0.2, 0) is 0 Å². The lowest BCUT2D eigenvalue weighted by molar-refractivity contribution is 0.628. The molecule has 3 rings (SSSR count). The number of benzene rings is 1. The van der Waals surface area contributed by atoms with Crippen LogP contribution in [0.3, 0.4) is 0 Å². The number of hydrogen-bond acceptors (Lipinski definition) is 2. The van der Waals surface area contributed by atoms with E-state index in [-0.39, 0.29) is 5.02 Å². The van der Waals surface area contributed by atoms with Crippen molar-refractivity contribution in [3.05, 3.63) is 52.4 Å². The smallest absolute Gasteiger partial charge is 0.139 e. The number of hydrogen-bond donors (Lipinski definition) is 1. The number of nitrogens with zero attached hydrogens (tertiary/aromatic N) is 2. The fourth-order valence-corrected chi connectivity index (χ4v) is 2.33. The van der Waals surface area contributed by atoms with Crippen LogP contribution in [0.2, 0.25) is 10.0 Å². The maximum atomic E-state index is 13.1. The highest BCUT2D eigenvalue weighted by Crippen LogP contribution is 2.32. The van der Waals surface area contributed by atoms with Crippen molar-refractivity contribution >= 4 is 34.7 Å². The average molecular weight is 296 g/mol. The summed E-state index contributed by atoms with van der Waals surface area (Å²) in [6, 6.07) is 7.57. The van der Waals surface area contributed by atoms with Gasteiger partial charge in [0, 0.05) is 11.8 Å². The third-order valence-electron chi connectivity index (χ3n) is 2.81. The van der Waals surface area contributed by atoms with E-state index in [0.29, 0.717) is 27.7 Å². The summed E-state index contributed by atoms with van der Waals surface area (Å²) in [6.07, 6.45) is 1.67. The Bertz CT molecular complexity index is 783. The summed E-state index contributed by atoms with van der Waals surface area (Å²) in [5, 5.41) is 0.814. The Kier molecular flexibility index (Phi) is 2.84. The van der Waals surface area contributed by atoms with Crippen LogP contribution in [0.15, 0.2) is 36.5 Å². The molecule has 0 radical (unpaired) electrons. The molecule has 0 bridgehead atoms. The molecule has 0 spiro atoms. The second-order valence-electron chi connectivity index (χ2n) is 4.05. The van der Waals surface area contributed by atoms with Crippen molar-refractivity contribution in [3.8, 4) is 11.3 Å². The Morgan fingerprint density at radius 2 is 1.95 bits per heavy atom. The van der Waals surface area contributed by atoms with E-state index in [1.807, 2.05) is 0 Å². The maximum absolute atomic E-state index is 13.1. The normalized spacial score (nSPS) is 11.1. The molecule has 2 heterocycles. The minimum absolute atomic E-state index is 0.265. The summed E-state index contributed by atoms with van der Waals surface area (Å²) in [5.74, 6) is 0.00476. The molecule has 3 aromatic rings. The summed E-state index contributed by atoms with van der Waals surface area (Å²) in [5.41, 5.74) is 7.78. The predicted octanol–water partition coefficient (Wildman–Crippen LogP) is 4.03. The van der Waals surface area contributed by atoms with E-state index in [1.165, 1.54) is 12.1 Å². The maximum Gasteiger partial charge on any atom is 0.139 e. The standard InChI is InChI=1S/C13H8Cl2FN3/c14-7-1-4-11-18-12(13(17)19(11)6-7)9-3-2-8(16)5-10(9)15/h1-6H,17H2. The lowest BCUT2D eigenvalue weighted by Crippen LogP contribution is -1.94. The van der Waals surface area contributed by atoms with E-state index in [0.717, 1.165) is 0 Å². The van der Waals surface area contributed by atoms with E-state index < -0.39 is 5.82 Å². The van der Waals surface area contributed by atoms with Crippen LogP contribution >= 0.6 is 23.2 Å². The summed E-state index contributed by atoms with van der Waals surface area (Å²) in [4.78, 5) is 4.39. The van der Waals surface area contributed by atoms with Crippen LogP contribution in [0.1, 0.15) is 0 Å². The van der Waals surface area contributed by atoms with Gasteiger partial charge < -0.3 is 5.73 Å². The van der Waals surface area contributed by atoms with Crippen LogP contribution in [0, 0.1) is 5.82 Å². The van der Waals surface area contributed by atoms with Gasteiger partial charge in [-0.25, -0.2) is 9.37 Å². The zero-order valence-electron chi connectivity index (χ0n) is 9.57. The first-order chi connectivity index (χ1) is 9.06. The Hall–Kier alpha value is -1.78. The first kappa shape index (κ1) is 12.3. The second-order valence-corrected chi connectivity index (χ2v) is 4.89. The van der Waals surface area contributed by atoms with Gasteiger partial charge in [-0.2, -0.15) is 0 Å². The molecule has 96 valence electrons. The van der Waals surface area contributed by atoms with Crippen LogP contribution in [0.5, 0.6) is 0 Å². The molecule has 0 atom stereocenters. The van der Waals surface area contributed by atoms with Gasteiger partial charge in [0.05, 0.1) is 10.0 Å². The molecule has 2 N–H and O–H groups in total. The third-order valence-corrected chi connectivity index (χ3v) is 3.34. The van der Waals surface area contributed by atoms with E-state index >= 15 is 0 Å². The van der Waals surface area contributed by atoms with Gasteiger partial charge in [0.1, 0.15) is 23.0 Å². The van der Waals surface area contributed by atoms with Gasteiger partial charge in [-0.05, 0) is 30.3 Å². The Balaban J connectivity index is 2.28. The minimum Gasteiger partial charge on any atom is -0.383 e. The molecule has 19 heavy (non-hydrogen) atoms. The Morgan fingerprint density at radius 3 is 2.68 bits per heavy atom. The zero-order chi connectivity index (χ0) is 13.6. The van der Waals surface area contributed by atoms with Crippen molar-refractivity contribution < 1.29 is 4.39 Å². The van der Waals surface area contributed by atoms with Crippen LogP contribution in [-0.4, -0.2) is 9.38 Å². The number of imidazole rings is 1. The highest BCUT2D eigenvalue weighted by atomic mass is 35.5. The molecule has 0 unspecified atom stereocenters.